The van der Waals surface area contributed by atoms with E-state index in [0.29, 0.717) is 22.9 Å². The second-order valence-electron chi connectivity index (χ2n) is 10.4. The molecule has 0 saturated carbocycles. The number of likely N-dealkylation sites (N-methyl/N-ethyl adjacent to an activating group) is 1. The molecule has 0 radical (unpaired) electrons. The molecule has 1 aliphatic heterocycles. The van der Waals surface area contributed by atoms with Crippen LogP contribution in [0.15, 0.2) is 95.9 Å². The van der Waals surface area contributed by atoms with Crippen molar-refractivity contribution in [2.45, 2.75) is 23.9 Å². The highest BCUT2D eigenvalue weighted by Gasteiger charge is 2.35. The van der Waals surface area contributed by atoms with Gasteiger partial charge in [0.05, 0.1) is 20.6 Å². The molecule has 0 spiro atoms. The van der Waals surface area contributed by atoms with Crippen molar-refractivity contribution >= 4 is 50.7 Å². The fourth-order valence-electron chi connectivity index (χ4n) is 5.00. The fourth-order valence-corrected chi connectivity index (χ4v) is 6.75. The van der Waals surface area contributed by atoms with Gasteiger partial charge in [-0.1, -0.05) is 59.6 Å². The number of ether oxygens (including phenoxy) is 2. The van der Waals surface area contributed by atoms with Crippen LogP contribution in [0.25, 0.3) is 0 Å². The van der Waals surface area contributed by atoms with Crippen LogP contribution >= 0.6 is 23.2 Å². The van der Waals surface area contributed by atoms with Crippen LogP contribution in [0.1, 0.15) is 11.1 Å². The largest absolute Gasteiger partial charge is 0.486 e. The molecule has 0 aliphatic carbocycles. The van der Waals surface area contributed by atoms with E-state index in [4.69, 9.17) is 32.7 Å². The Bertz CT molecular complexity index is 1830. The third-order valence-electron chi connectivity index (χ3n) is 7.35. The Hall–Kier alpha value is -4.32. The van der Waals surface area contributed by atoms with Gasteiger partial charge in [-0.2, -0.15) is 0 Å². The van der Waals surface area contributed by atoms with Crippen molar-refractivity contribution in [3.05, 3.63) is 118 Å². The number of carbonyl (C=O) groups excluding carboxylic acids is 2. The van der Waals surface area contributed by atoms with E-state index >= 15 is 0 Å². The van der Waals surface area contributed by atoms with Gasteiger partial charge in [0, 0.05) is 26.1 Å². The molecule has 2 amide bonds. The van der Waals surface area contributed by atoms with Crippen LogP contribution in [0.5, 0.6) is 11.5 Å². The van der Waals surface area contributed by atoms with Crippen LogP contribution in [0.2, 0.25) is 10.0 Å². The number of benzene rings is 4. The van der Waals surface area contributed by atoms with Gasteiger partial charge in [-0.15, -0.1) is 0 Å². The number of amides is 2. The molecule has 0 aromatic heterocycles. The third-order valence-corrected chi connectivity index (χ3v) is 9.86. The van der Waals surface area contributed by atoms with E-state index in [1.165, 1.54) is 42.3 Å². The van der Waals surface area contributed by atoms with Crippen LogP contribution in [0.4, 0.5) is 10.1 Å². The van der Waals surface area contributed by atoms with E-state index in [1.807, 2.05) is 30.3 Å². The first-order chi connectivity index (χ1) is 22.1. The minimum Gasteiger partial charge on any atom is -0.486 e. The number of halogens is 3. The molecule has 46 heavy (non-hydrogen) atoms. The van der Waals surface area contributed by atoms with Gasteiger partial charge in [-0.25, -0.2) is 12.8 Å². The molecule has 1 aliphatic rings. The smallest absolute Gasteiger partial charge is 0.264 e. The van der Waals surface area contributed by atoms with E-state index in [-0.39, 0.29) is 40.9 Å². The van der Waals surface area contributed by atoms with Crippen LogP contribution in [0, 0.1) is 5.82 Å². The molecule has 0 fully saturated rings. The number of fused-ring (bicyclic) bond motifs is 1. The van der Waals surface area contributed by atoms with E-state index < -0.39 is 40.2 Å². The van der Waals surface area contributed by atoms with E-state index in [9.17, 15) is 22.4 Å². The summed E-state index contributed by atoms with van der Waals surface area (Å²) >= 11 is 12.4. The van der Waals surface area contributed by atoms with Crippen LogP contribution in [-0.4, -0.2) is 58.0 Å². The molecule has 4 aromatic carbocycles. The minimum atomic E-state index is -4.44. The van der Waals surface area contributed by atoms with E-state index in [1.54, 1.807) is 18.2 Å². The van der Waals surface area contributed by atoms with Gasteiger partial charge in [0.1, 0.15) is 31.6 Å². The summed E-state index contributed by atoms with van der Waals surface area (Å²) in [4.78, 5) is 28.9. The lowest BCUT2D eigenvalue weighted by Crippen LogP contribution is -2.53. The van der Waals surface area contributed by atoms with Crippen LogP contribution in [-0.2, 0) is 32.6 Å². The van der Waals surface area contributed by atoms with E-state index in [2.05, 4.69) is 5.32 Å². The normalized spacial score (nSPS) is 13.0. The predicted octanol–water partition coefficient (Wildman–Crippen LogP) is 5.49. The first-order valence-corrected chi connectivity index (χ1v) is 16.4. The molecule has 0 saturated heterocycles. The molecule has 240 valence electrons. The fraction of sp³-hybridized carbons (Fsp3) is 0.212. The first-order valence-electron chi connectivity index (χ1n) is 14.2. The lowest BCUT2D eigenvalue weighted by atomic mass is 10.0. The number of carbonyl (C=O) groups is 2. The first kappa shape index (κ1) is 33.1. The van der Waals surface area contributed by atoms with Gasteiger partial charge in [0.25, 0.3) is 10.0 Å². The van der Waals surface area contributed by atoms with Gasteiger partial charge >= 0.3 is 0 Å². The van der Waals surface area contributed by atoms with Crippen LogP contribution in [0.3, 0.4) is 0 Å². The highest BCUT2D eigenvalue weighted by Crippen LogP contribution is 2.34. The summed E-state index contributed by atoms with van der Waals surface area (Å²) in [5.41, 5.74) is 1.38. The standard InChI is InChI=1S/C33H30Cl2FN3O6S/c1-37-33(41)29(18-22-5-3-2-4-6-22)38(20-23-7-13-27(34)28(35)17-23)32(40)21-39(25-10-8-24(36)9-11-25)46(42,43)26-12-14-30-31(19-26)45-16-15-44-30/h2-14,17,19,29H,15-16,18,20-21H2,1H3,(H,37,41). The van der Waals surface area contributed by atoms with E-state index in [0.717, 1.165) is 22.0 Å². The summed E-state index contributed by atoms with van der Waals surface area (Å²) in [6.45, 7) is -0.254. The Morgan fingerprint density at radius 3 is 2.24 bits per heavy atom. The predicted molar refractivity (Wildman–Crippen MR) is 173 cm³/mol. The number of anilines is 1. The molecule has 1 N–H and O–H groups in total. The average molecular weight is 687 g/mol. The molecule has 13 heteroatoms. The quantitative estimate of drug-likeness (QED) is 0.224. The summed E-state index contributed by atoms with van der Waals surface area (Å²) in [7, 11) is -2.98. The maximum absolute atomic E-state index is 14.4. The highest BCUT2D eigenvalue weighted by molar-refractivity contribution is 7.92. The van der Waals surface area contributed by atoms with Crippen molar-refractivity contribution in [1.82, 2.24) is 10.2 Å². The van der Waals surface area contributed by atoms with Gasteiger partial charge in [0.15, 0.2) is 11.5 Å². The minimum absolute atomic E-state index is 0.0404. The summed E-state index contributed by atoms with van der Waals surface area (Å²) in [6.07, 6.45) is 0.138. The second kappa shape index (κ2) is 14.4. The zero-order chi connectivity index (χ0) is 32.8. The summed E-state index contributed by atoms with van der Waals surface area (Å²) < 4.78 is 54.4. The van der Waals surface area contributed by atoms with Gasteiger partial charge in [-0.3, -0.25) is 13.9 Å². The van der Waals surface area contributed by atoms with Crippen molar-refractivity contribution in [2.24, 2.45) is 0 Å². The summed E-state index contributed by atoms with van der Waals surface area (Å²) in [5, 5.41) is 3.18. The second-order valence-corrected chi connectivity index (χ2v) is 13.1. The van der Waals surface area contributed by atoms with Crippen molar-refractivity contribution in [2.75, 3.05) is 31.1 Å². The van der Waals surface area contributed by atoms with Crippen molar-refractivity contribution in [1.29, 1.82) is 0 Å². The Morgan fingerprint density at radius 1 is 0.870 bits per heavy atom. The Labute approximate surface area is 276 Å². The molecule has 1 heterocycles. The van der Waals surface area contributed by atoms with Gasteiger partial charge in [-0.05, 0) is 59.7 Å². The highest BCUT2D eigenvalue weighted by atomic mass is 35.5. The van der Waals surface area contributed by atoms with Gasteiger partial charge < -0.3 is 19.7 Å². The number of hydrogen-bond acceptors (Lipinski definition) is 6. The zero-order valence-electron chi connectivity index (χ0n) is 24.7. The lowest BCUT2D eigenvalue weighted by Gasteiger charge is -2.33. The average Bonchev–Trinajstić information content (AvgIpc) is 3.07. The summed E-state index contributed by atoms with van der Waals surface area (Å²) in [6, 6.07) is 21.8. The number of sulfonamides is 1. The Balaban J connectivity index is 1.57. The molecule has 1 atom stereocenters. The molecule has 5 rings (SSSR count). The molecule has 0 bridgehead atoms. The zero-order valence-corrected chi connectivity index (χ0v) is 27.0. The number of nitrogens with one attached hydrogen (secondary N) is 1. The number of nitrogens with zero attached hydrogens (tertiary/aromatic N) is 2. The molecule has 4 aromatic rings. The SMILES string of the molecule is CNC(=O)C(Cc1ccccc1)N(Cc1ccc(Cl)c(Cl)c1)C(=O)CN(c1ccc(F)cc1)S(=O)(=O)c1ccc2c(c1)OCCO2. The molecular weight excluding hydrogens is 656 g/mol. The third kappa shape index (κ3) is 7.55. The summed E-state index contributed by atoms with van der Waals surface area (Å²) in [5.74, 6) is -1.12. The molecule has 1 unspecified atom stereocenters. The molecule has 9 nitrogen and oxygen atoms in total. The van der Waals surface area contributed by atoms with Gasteiger partial charge in [0.2, 0.25) is 11.8 Å². The number of rotatable bonds is 11. The Kier molecular flexibility index (Phi) is 10.4. The molecular formula is C33H30Cl2FN3O6S. The maximum atomic E-state index is 14.4. The van der Waals surface area contributed by atoms with Crippen molar-refractivity contribution in [3.8, 4) is 11.5 Å². The van der Waals surface area contributed by atoms with Crippen molar-refractivity contribution in [3.63, 3.8) is 0 Å². The monoisotopic (exact) mass is 685 g/mol. The number of hydrogen-bond donors (Lipinski definition) is 1. The lowest BCUT2D eigenvalue weighted by molar-refractivity contribution is -0.139. The maximum Gasteiger partial charge on any atom is 0.264 e. The van der Waals surface area contributed by atoms with Crippen molar-refractivity contribution < 1.29 is 31.9 Å². The Morgan fingerprint density at radius 2 is 1.57 bits per heavy atom. The topological polar surface area (TPSA) is 105 Å². The van der Waals surface area contributed by atoms with Crippen LogP contribution < -0.4 is 19.1 Å².